The molecular formula is C9H11BrO2S. The molecule has 0 radical (unpaired) electrons. The normalized spacial score (nSPS) is 12.8. The Morgan fingerprint density at radius 2 is 2.38 bits per heavy atom. The van der Waals surface area contributed by atoms with Gasteiger partial charge in [-0.05, 0) is 34.3 Å². The highest BCUT2D eigenvalue weighted by Gasteiger charge is 2.15. The molecule has 72 valence electrons. The maximum absolute atomic E-state index is 10.7. The third kappa shape index (κ3) is 2.31. The Labute approximate surface area is 89.7 Å². The van der Waals surface area contributed by atoms with E-state index in [1.54, 1.807) is 6.07 Å². The lowest BCUT2D eigenvalue weighted by Gasteiger charge is -2.04. The van der Waals surface area contributed by atoms with Crippen molar-refractivity contribution in [3.63, 3.8) is 0 Å². The summed E-state index contributed by atoms with van der Waals surface area (Å²) < 4.78 is 0.921. The molecule has 0 aliphatic heterocycles. The highest BCUT2D eigenvalue weighted by molar-refractivity contribution is 9.10. The second-order valence-electron chi connectivity index (χ2n) is 2.94. The predicted molar refractivity (Wildman–Crippen MR) is 57.7 cm³/mol. The molecule has 0 aliphatic carbocycles. The van der Waals surface area contributed by atoms with Crippen molar-refractivity contribution in [2.45, 2.75) is 26.2 Å². The fourth-order valence-corrected chi connectivity index (χ4v) is 3.05. The average Bonchev–Trinajstić information content (AvgIpc) is 2.46. The zero-order valence-electron chi connectivity index (χ0n) is 7.50. The van der Waals surface area contributed by atoms with E-state index in [1.165, 1.54) is 11.3 Å². The lowest BCUT2D eigenvalue weighted by Crippen LogP contribution is -1.90. The van der Waals surface area contributed by atoms with Crippen molar-refractivity contribution in [3.05, 3.63) is 20.3 Å². The number of carboxylic acids is 1. The molecule has 1 unspecified atom stereocenters. The highest BCUT2D eigenvalue weighted by Crippen LogP contribution is 2.34. The Balaban J connectivity index is 3.02. The molecule has 0 amide bonds. The van der Waals surface area contributed by atoms with E-state index in [4.69, 9.17) is 5.11 Å². The van der Waals surface area contributed by atoms with Crippen LogP contribution in [0.2, 0.25) is 0 Å². The molecule has 0 saturated heterocycles. The van der Waals surface area contributed by atoms with Crippen LogP contribution in [0.15, 0.2) is 10.5 Å². The summed E-state index contributed by atoms with van der Waals surface area (Å²) in [6.45, 7) is 4.19. The van der Waals surface area contributed by atoms with Gasteiger partial charge in [0.2, 0.25) is 0 Å². The van der Waals surface area contributed by atoms with Gasteiger partial charge in [-0.25, -0.2) is 4.79 Å². The van der Waals surface area contributed by atoms with E-state index in [0.29, 0.717) is 10.8 Å². The van der Waals surface area contributed by atoms with Gasteiger partial charge in [0, 0.05) is 9.35 Å². The Morgan fingerprint density at radius 3 is 2.77 bits per heavy atom. The van der Waals surface area contributed by atoms with Gasteiger partial charge in [0.05, 0.1) is 0 Å². The molecule has 1 atom stereocenters. The smallest absolute Gasteiger partial charge is 0.345 e. The van der Waals surface area contributed by atoms with E-state index in [1.807, 2.05) is 0 Å². The van der Waals surface area contributed by atoms with Gasteiger partial charge in [-0.1, -0.05) is 13.8 Å². The molecule has 2 nitrogen and oxygen atoms in total. The van der Waals surface area contributed by atoms with Crippen molar-refractivity contribution in [2.75, 3.05) is 0 Å². The van der Waals surface area contributed by atoms with E-state index in [-0.39, 0.29) is 0 Å². The maximum Gasteiger partial charge on any atom is 0.345 e. The van der Waals surface area contributed by atoms with Crippen LogP contribution in [-0.4, -0.2) is 11.1 Å². The molecule has 13 heavy (non-hydrogen) atoms. The summed E-state index contributed by atoms with van der Waals surface area (Å²) in [4.78, 5) is 12.2. The van der Waals surface area contributed by atoms with Crippen LogP contribution < -0.4 is 0 Å². The maximum atomic E-state index is 10.7. The van der Waals surface area contributed by atoms with Crippen molar-refractivity contribution in [1.29, 1.82) is 0 Å². The first kappa shape index (κ1) is 10.7. The number of rotatable bonds is 3. The summed E-state index contributed by atoms with van der Waals surface area (Å²) >= 11 is 4.73. The number of hydrogen-bond donors (Lipinski definition) is 1. The van der Waals surface area contributed by atoms with Crippen LogP contribution in [0.1, 0.15) is 40.7 Å². The molecule has 4 heteroatoms. The van der Waals surface area contributed by atoms with Gasteiger partial charge in [0.1, 0.15) is 4.88 Å². The molecule has 1 rings (SSSR count). The average molecular weight is 263 g/mol. The highest BCUT2D eigenvalue weighted by atomic mass is 79.9. The second kappa shape index (κ2) is 4.24. The monoisotopic (exact) mass is 262 g/mol. The van der Waals surface area contributed by atoms with Crippen molar-refractivity contribution in [1.82, 2.24) is 0 Å². The van der Waals surface area contributed by atoms with E-state index in [2.05, 4.69) is 29.8 Å². The zero-order chi connectivity index (χ0) is 10.0. The number of hydrogen-bond acceptors (Lipinski definition) is 2. The van der Waals surface area contributed by atoms with Gasteiger partial charge in [-0.3, -0.25) is 0 Å². The summed E-state index contributed by atoms with van der Waals surface area (Å²) in [6, 6.07) is 1.68. The van der Waals surface area contributed by atoms with Crippen LogP contribution in [0.5, 0.6) is 0 Å². The third-order valence-electron chi connectivity index (χ3n) is 1.98. The molecule has 0 fully saturated rings. The Morgan fingerprint density at radius 1 is 1.77 bits per heavy atom. The molecule has 0 bridgehead atoms. The van der Waals surface area contributed by atoms with Gasteiger partial charge in [0.25, 0.3) is 0 Å². The van der Waals surface area contributed by atoms with Crippen LogP contribution in [0.25, 0.3) is 0 Å². The molecule has 1 heterocycles. The second-order valence-corrected chi connectivity index (χ2v) is 4.88. The van der Waals surface area contributed by atoms with Crippen molar-refractivity contribution >= 4 is 33.2 Å². The minimum atomic E-state index is -0.847. The van der Waals surface area contributed by atoms with Crippen LogP contribution >= 0.6 is 27.3 Å². The first-order valence-electron chi connectivity index (χ1n) is 4.08. The van der Waals surface area contributed by atoms with Crippen molar-refractivity contribution < 1.29 is 9.90 Å². The first-order valence-corrected chi connectivity index (χ1v) is 5.69. The van der Waals surface area contributed by atoms with Crippen LogP contribution in [0, 0.1) is 0 Å². The quantitative estimate of drug-likeness (QED) is 0.902. The summed E-state index contributed by atoms with van der Waals surface area (Å²) in [5.41, 5.74) is 0. The first-order chi connectivity index (χ1) is 6.06. The molecule has 0 aliphatic rings. The minimum Gasteiger partial charge on any atom is -0.477 e. The number of aromatic carboxylic acids is 1. The number of halogens is 1. The van der Waals surface area contributed by atoms with Gasteiger partial charge in [-0.2, -0.15) is 0 Å². The fourth-order valence-electron chi connectivity index (χ4n) is 1.01. The Hall–Kier alpha value is -0.350. The van der Waals surface area contributed by atoms with Gasteiger partial charge < -0.3 is 5.11 Å². The summed E-state index contributed by atoms with van der Waals surface area (Å²) in [5.74, 6) is -0.423. The van der Waals surface area contributed by atoms with Crippen LogP contribution in [-0.2, 0) is 0 Å². The molecule has 0 spiro atoms. The Bertz CT molecular complexity index is 319. The molecular weight excluding hydrogens is 252 g/mol. The van der Waals surface area contributed by atoms with Gasteiger partial charge >= 0.3 is 5.97 Å². The molecule has 0 saturated carbocycles. The largest absolute Gasteiger partial charge is 0.477 e. The SMILES string of the molecule is CCC(C)c1sc(C(=O)O)cc1Br. The molecule has 0 aromatic carbocycles. The fraction of sp³-hybridized carbons (Fsp3) is 0.444. The summed E-state index contributed by atoms with van der Waals surface area (Å²) in [7, 11) is 0. The molecule has 1 aromatic rings. The summed E-state index contributed by atoms with van der Waals surface area (Å²) in [5, 5.41) is 8.77. The van der Waals surface area contributed by atoms with Crippen LogP contribution in [0.4, 0.5) is 0 Å². The van der Waals surface area contributed by atoms with Gasteiger partial charge in [0.15, 0.2) is 0 Å². The van der Waals surface area contributed by atoms with E-state index >= 15 is 0 Å². The van der Waals surface area contributed by atoms with Crippen molar-refractivity contribution in [3.8, 4) is 0 Å². The summed E-state index contributed by atoms with van der Waals surface area (Å²) in [6.07, 6.45) is 1.03. The third-order valence-corrected chi connectivity index (χ3v) is 4.26. The standard InChI is InChI=1S/C9H11BrO2S/c1-3-5(2)8-6(10)4-7(13-8)9(11)12/h4-5H,3H2,1-2H3,(H,11,12). The lowest BCUT2D eigenvalue weighted by molar-refractivity contribution is 0.0702. The van der Waals surface area contributed by atoms with E-state index in [9.17, 15) is 4.79 Å². The van der Waals surface area contributed by atoms with Gasteiger partial charge in [-0.15, -0.1) is 11.3 Å². The van der Waals surface area contributed by atoms with Crippen LogP contribution in [0.3, 0.4) is 0 Å². The van der Waals surface area contributed by atoms with Crippen molar-refractivity contribution in [2.24, 2.45) is 0 Å². The minimum absolute atomic E-state index is 0.405. The molecule has 1 aromatic heterocycles. The topological polar surface area (TPSA) is 37.3 Å². The van der Waals surface area contributed by atoms with E-state index in [0.717, 1.165) is 15.8 Å². The number of carboxylic acid groups (broad SMARTS) is 1. The number of carbonyl (C=O) groups is 1. The Kier molecular flexibility index (Phi) is 3.50. The lowest BCUT2D eigenvalue weighted by atomic mass is 10.1. The van der Waals surface area contributed by atoms with E-state index < -0.39 is 5.97 Å². The number of thiophene rings is 1. The predicted octanol–water partition coefficient (Wildman–Crippen LogP) is 3.72. The zero-order valence-corrected chi connectivity index (χ0v) is 9.91. The molecule has 1 N–H and O–H groups in total.